The summed E-state index contributed by atoms with van der Waals surface area (Å²) in [6.07, 6.45) is 1.73. The number of aromatic nitrogens is 1. The molecule has 0 spiro atoms. The Bertz CT molecular complexity index is 705. The fourth-order valence-corrected chi connectivity index (χ4v) is 2.34. The largest absolute Gasteiger partial charge is 0.461 e. The predicted molar refractivity (Wildman–Crippen MR) is 86.2 cm³/mol. The Morgan fingerprint density at radius 3 is 2.48 bits per heavy atom. The summed E-state index contributed by atoms with van der Waals surface area (Å²) >= 11 is 0. The van der Waals surface area contributed by atoms with Crippen molar-refractivity contribution in [1.82, 2.24) is 9.88 Å². The number of nitro benzene ring substituents is 1. The van der Waals surface area contributed by atoms with Gasteiger partial charge in [0.1, 0.15) is 5.69 Å². The normalized spacial score (nSPS) is 10.8. The monoisotopic (exact) mass is 317 g/mol. The van der Waals surface area contributed by atoms with Gasteiger partial charge in [-0.05, 0) is 38.7 Å². The van der Waals surface area contributed by atoms with Gasteiger partial charge in [0.2, 0.25) is 0 Å². The van der Waals surface area contributed by atoms with Crippen molar-refractivity contribution in [2.24, 2.45) is 0 Å². The van der Waals surface area contributed by atoms with Gasteiger partial charge in [-0.25, -0.2) is 4.79 Å². The van der Waals surface area contributed by atoms with Crippen LogP contribution in [0.15, 0.2) is 30.5 Å². The summed E-state index contributed by atoms with van der Waals surface area (Å²) in [5, 5.41) is 10.8. The molecule has 0 atom stereocenters. The van der Waals surface area contributed by atoms with Gasteiger partial charge in [-0.15, -0.1) is 0 Å². The smallest absolute Gasteiger partial charge is 0.355 e. The van der Waals surface area contributed by atoms with Crippen LogP contribution in [0.25, 0.3) is 11.1 Å². The third-order valence-electron chi connectivity index (χ3n) is 3.33. The second-order valence-corrected chi connectivity index (χ2v) is 5.32. The molecule has 0 saturated heterocycles. The number of hydrogen-bond donors (Lipinski definition) is 1. The fourth-order valence-electron chi connectivity index (χ4n) is 2.34. The molecular weight excluding hydrogens is 298 g/mol. The van der Waals surface area contributed by atoms with Crippen LogP contribution in [0.3, 0.4) is 0 Å². The number of nitro groups is 1. The summed E-state index contributed by atoms with van der Waals surface area (Å²) in [5.41, 5.74) is 2.89. The molecule has 0 saturated carbocycles. The van der Waals surface area contributed by atoms with E-state index >= 15 is 0 Å². The van der Waals surface area contributed by atoms with Crippen LogP contribution < -0.4 is 0 Å². The summed E-state index contributed by atoms with van der Waals surface area (Å²) < 4.78 is 5.07. The van der Waals surface area contributed by atoms with Gasteiger partial charge in [0.15, 0.2) is 0 Å². The lowest BCUT2D eigenvalue weighted by Gasteiger charge is -2.12. The first-order chi connectivity index (χ1) is 10.9. The van der Waals surface area contributed by atoms with Crippen LogP contribution in [0.5, 0.6) is 0 Å². The SMILES string of the molecule is CCOC(=O)c1[nH]cc(-c2ccc([N+](=O)[O-])cc2)c1CN(C)C. The van der Waals surface area contributed by atoms with Gasteiger partial charge in [0.25, 0.3) is 5.69 Å². The first-order valence-corrected chi connectivity index (χ1v) is 7.21. The topological polar surface area (TPSA) is 88.5 Å². The number of non-ortho nitro benzene ring substituents is 1. The molecule has 1 aromatic heterocycles. The Kier molecular flexibility index (Phi) is 5.13. The van der Waals surface area contributed by atoms with E-state index in [9.17, 15) is 14.9 Å². The lowest BCUT2D eigenvalue weighted by Crippen LogP contribution is -2.15. The van der Waals surface area contributed by atoms with E-state index in [2.05, 4.69) is 4.98 Å². The number of carbonyl (C=O) groups excluding carboxylic acids is 1. The van der Waals surface area contributed by atoms with Crippen LogP contribution in [0.2, 0.25) is 0 Å². The highest BCUT2D eigenvalue weighted by molar-refractivity contribution is 5.92. The van der Waals surface area contributed by atoms with E-state index in [-0.39, 0.29) is 5.69 Å². The Labute approximate surface area is 134 Å². The number of aromatic amines is 1. The first kappa shape index (κ1) is 16.7. The van der Waals surface area contributed by atoms with Gasteiger partial charge in [-0.2, -0.15) is 0 Å². The van der Waals surface area contributed by atoms with Crippen molar-refractivity contribution in [3.63, 3.8) is 0 Å². The third kappa shape index (κ3) is 3.75. The van der Waals surface area contributed by atoms with E-state index in [0.717, 1.165) is 16.7 Å². The zero-order chi connectivity index (χ0) is 17.0. The number of carbonyl (C=O) groups is 1. The molecule has 0 radical (unpaired) electrons. The highest BCUT2D eigenvalue weighted by Gasteiger charge is 2.20. The molecule has 0 fully saturated rings. The lowest BCUT2D eigenvalue weighted by molar-refractivity contribution is -0.384. The van der Waals surface area contributed by atoms with Crippen LogP contribution in [0.1, 0.15) is 23.0 Å². The van der Waals surface area contributed by atoms with Crippen LogP contribution >= 0.6 is 0 Å². The summed E-state index contributed by atoms with van der Waals surface area (Å²) in [7, 11) is 3.81. The maximum Gasteiger partial charge on any atom is 0.355 e. The van der Waals surface area contributed by atoms with Gasteiger partial charge >= 0.3 is 5.97 Å². The molecule has 0 aliphatic heterocycles. The molecule has 1 aromatic carbocycles. The lowest BCUT2D eigenvalue weighted by atomic mass is 10.0. The van der Waals surface area contributed by atoms with E-state index in [4.69, 9.17) is 4.74 Å². The molecule has 7 heteroatoms. The molecule has 7 nitrogen and oxygen atoms in total. The standard InChI is InChI=1S/C16H19N3O4/c1-4-23-16(20)15-14(10-18(2)3)13(9-17-15)11-5-7-12(8-6-11)19(21)22/h5-9,17H,4,10H2,1-3H3. The number of nitrogens with one attached hydrogen (secondary N) is 1. The Hall–Kier alpha value is -2.67. The molecule has 0 amide bonds. The van der Waals surface area contributed by atoms with Gasteiger partial charge < -0.3 is 14.6 Å². The van der Waals surface area contributed by atoms with Crippen molar-refractivity contribution in [3.05, 3.63) is 51.8 Å². The minimum atomic E-state index is -0.439. The van der Waals surface area contributed by atoms with Gasteiger partial charge in [0, 0.05) is 36.0 Å². The molecule has 122 valence electrons. The number of H-pyrrole nitrogens is 1. The molecule has 1 heterocycles. The minimum Gasteiger partial charge on any atom is -0.461 e. The minimum absolute atomic E-state index is 0.0315. The van der Waals surface area contributed by atoms with E-state index in [1.807, 2.05) is 19.0 Å². The Morgan fingerprint density at radius 1 is 1.30 bits per heavy atom. The number of nitrogens with zero attached hydrogens (tertiary/aromatic N) is 2. The summed E-state index contributed by atoms with van der Waals surface area (Å²) in [6.45, 7) is 2.60. The first-order valence-electron chi connectivity index (χ1n) is 7.21. The molecule has 0 unspecified atom stereocenters. The van der Waals surface area contributed by atoms with Crippen molar-refractivity contribution in [2.75, 3.05) is 20.7 Å². The van der Waals surface area contributed by atoms with E-state index < -0.39 is 10.9 Å². The van der Waals surface area contributed by atoms with Gasteiger partial charge in [0.05, 0.1) is 11.5 Å². The number of ether oxygens (including phenoxy) is 1. The van der Waals surface area contributed by atoms with Crippen molar-refractivity contribution in [1.29, 1.82) is 0 Å². The van der Waals surface area contributed by atoms with Crippen molar-refractivity contribution < 1.29 is 14.5 Å². The van der Waals surface area contributed by atoms with Gasteiger partial charge in [-0.1, -0.05) is 0 Å². The van der Waals surface area contributed by atoms with E-state index in [0.29, 0.717) is 18.8 Å². The molecule has 23 heavy (non-hydrogen) atoms. The van der Waals surface area contributed by atoms with Crippen molar-refractivity contribution >= 4 is 11.7 Å². The Balaban J connectivity index is 2.44. The number of hydrogen-bond acceptors (Lipinski definition) is 5. The van der Waals surface area contributed by atoms with Gasteiger partial charge in [-0.3, -0.25) is 10.1 Å². The van der Waals surface area contributed by atoms with E-state index in [1.54, 1.807) is 25.3 Å². The number of rotatable bonds is 6. The maximum absolute atomic E-state index is 12.1. The predicted octanol–water partition coefficient (Wildman–Crippen LogP) is 2.83. The summed E-state index contributed by atoms with van der Waals surface area (Å²) in [4.78, 5) is 27.3. The van der Waals surface area contributed by atoms with Crippen LogP contribution in [0, 0.1) is 10.1 Å². The highest BCUT2D eigenvalue weighted by Crippen LogP contribution is 2.29. The number of esters is 1. The average molecular weight is 317 g/mol. The second kappa shape index (κ2) is 7.06. The molecular formula is C16H19N3O4. The quantitative estimate of drug-likeness (QED) is 0.503. The maximum atomic E-state index is 12.1. The summed E-state index contributed by atoms with van der Waals surface area (Å²) in [6, 6.07) is 6.25. The molecule has 0 aliphatic carbocycles. The fraction of sp³-hybridized carbons (Fsp3) is 0.312. The number of benzene rings is 1. The highest BCUT2D eigenvalue weighted by atomic mass is 16.6. The molecule has 0 aliphatic rings. The molecule has 2 rings (SSSR count). The zero-order valence-corrected chi connectivity index (χ0v) is 13.3. The van der Waals surface area contributed by atoms with E-state index in [1.165, 1.54) is 12.1 Å². The zero-order valence-electron chi connectivity index (χ0n) is 13.3. The second-order valence-electron chi connectivity index (χ2n) is 5.32. The van der Waals surface area contributed by atoms with Crippen LogP contribution in [-0.4, -0.2) is 41.5 Å². The third-order valence-corrected chi connectivity index (χ3v) is 3.33. The summed E-state index contributed by atoms with van der Waals surface area (Å²) in [5.74, 6) is -0.405. The Morgan fingerprint density at radius 2 is 1.96 bits per heavy atom. The van der Waals surface area contributed by atoms with Crippen molar-refractivity contribution in [3.8, 4) is 11.1 Å². The van der Waals surface area contributed by atoms with Crippen LogP contribution in [0.4, 0.5) is 5.69 Å². The molecule has 2 aromatic rings. The van der Waals surface area contributed by atoms with Crippen molar-refractivity contribution in [2.45, 2.75) is 13.5 Å². The average Bonchev–Trinajstić information content (AvgIpc) is 2.90. The molecule has 0 bridgehead atoms. The molecule has 1 N–H and O–H groups in total. The van der Waals surface area contributed by atoms with Crippen LogP contribution in [-0.2, 0) is 11.3 Å².